The van der Waals surface area contributed by atoms with Gasteiger partial charge in [0, 0.05) is 24.7 Å². The molecular weight excluding hydrogens is 136 g/mol. The smallest absolute Gasteiger partial charge is 0.0905 e. The van der Waals surface area contributed by atoms with Crippen LogP contribution in [0.5, 0.6) is 0 Å². The third kappa shape index (κ3) is 2.37. The van der Waals surface area contributed by atoms with Gasteiger partial charge in [0.15, 0.2) is 0 Å². The van der Waals surface area contributed by atoms with Gasteiger partial charge in [-0.15, -0.1) is 0 Å². The molecule has 0 aromatic rings. The maximum absolute atomic E-state index is 4.26. The number of allylic oxidation sites excluding steroid dienone is 1. The molecule has 0 aromatic carbocycles. The summed E-state index contributed by atoms with van der Waals surface area (Å²) in [5.74, 6) is 0. The summed E-state index contributed by atoms with van der Waals surface area (Å²) in [6, 6.07) is 0. The first-order chi connectivity index (χ1) is 4.99. The second-order valence-corrected chi connectivity index (χ2v) is 3.93. The number of hydrogen-bond donors (Lipinski definition) is 0. The molecule has 0 N–H and O–H groups in total. The minimum atomic E-state index is 0.245. The van der Waals surface area contributed by atoms with Crippen molar-refractivity contribution in [3.8, 4) is 0 Å². The van der Waals surface area contributed by atoms with E-state index in [9.17, 15) is 0 Å². The Bertz CT molecular complexity index is 202. The molecule has 2 heteroatoms. The molecule has 0 saturated carbocycles. The summed E-state index contributed by atoms with van der Waals surface area (Å²) in [7, 11) is 2.05. The van der Waals surface area contributed by atoms with Gasteiger partial charge in [0.1, 0.15) is 0 Å². The quantitative estimate of drug-likeness (QED) is 0.517. The van der Waals surface area contributed by atoms with Crippen LogP contribution in [0.2, 0.25) is 0 Å². The van der Waals surface area contributed by atoms with Crippen LogP contribution in [0, 0.1) is 5.41 Å². The lowest BCUT2D eigenvalue weighted by molar-refractivity contribution is 0.354. The van der Waals surface area contributed by atoms with Crippen LogP contribution in [0.3, 0.4) is 0 Å². The summed E-state index contributed by atoms with van der Waals surface area (Å²) < 4.78 is 0. The Labute approximate surface area is 68.6 Å². The molecule has 0 bridgehead atoms. The van der Waals surface area contributed by atoms with Crippen LogP contribution in [0.25, 0.3) is 0 Å². The van der Waals surface area contributed by atoms with Gasteiger partial charge in [0.05, 0.1) is 6.34 Å². The SMILES string of the molecule is CC1=CC(C)(C)CN(C)C=N1. The zero-order valence-electron chi connectivity index (χ0n) is 7.76. The first kappa shape index (κ1) is 8.31. The Kier molecular flexibility index (Phi) is 2.03. The Morgan fingerprint density at radius 1 is 1.55 bits per heavy atom. The fourth-order valence-corrected chi connectivity index (χ4v) is 1.52. The molecule has 0 atom stereocenters. The van der Waals surface area contributed by atoms with E-state index in [0.29, 0.717) is 0 Å². The van der Waals surface area contributed by atoms with Gasteiger partial charge in [-0.1, -0.05) is 19.9 Å². The van der Waals surface area contributed by atoms with Gasteiger partial charge >= 0.3 is 0 Å². The van der Waals surface area contributed by atoms with E-state index >= 15 is 0 Å². The van der Waals surface area contributed by atoms with Crippen molar-refractivity contribution < 1.29 is 0 Å². The minimum absolute atomic E-state index is 0.245. The predicted octanol–water partition coefficient (Wildman–Crippen LogP) is 1.89. The maximum atomic E-state index is 4.26. The summed E-state index contributed by atoms with van der Waals surface area (Å²) in [4.78, 5) is 6.38. The third-order valence-electron chi connectivity index (χ3n) is 1.72. The Morgan fingerprint density at radius 3 is 2.82 bits per heavy atom. The van der Waals surface area contributed by atoms with Crippen LogP contribution < -0.4 is 0 Å². The third-order valence-corrected chi connectivity index (χ3v) is 1.72. The lowest BCUT2D eigenvalue weighted by Gasteiger charge is -2.23. The van der Waals surface area contributed by atoms with Crippen molar-refractivity contribution in [2.24, 2.45) is 10.4 Å². The van der Waals surface area contributed by atoms with Gasteiger partial charge < -0.3 is 4.90 Å². The highest BCUT2D eigenvalue weighted by Gasteiger charge is 2.18. The number of hydrogen-bond acceptors (Lipinski definition) is 2. The fourth-order valence-electron chi connectivity index (χ4n) is 1.52. The van der Waals surface area contributed by atoms with Gasteiger partial charge in [-0.25, -0.2) is 4.99 Å². The Morgan fingerprint density at radius 2 is 2.18 bits per heavy atom. The summed E-state index contributed by atoms with van der Waals surface area (Å²) in [5, 5.41) is 0. The lowest BCUT2D eigenvalue weighted by atomic mass is 9.92. The summed E-state index contributed by atoms with van der Waals surface area (Å²) in [6.07, 6.45) is 4.10. The van der Waals surface area contributed by atoms with Crippen LogP contribution in [0.15, 0.2) is 16.8 Å². The minimum Gasteiger partial charge on any atom is -0.365 e. The molecular formula is C9H16N2. The fraction of sp³-hybridized carbons (Fsp3) is 0.667. The van der Waals surface area contributed by atoms with Crippen LogP contribution in [-0.2, 0) is 0 Å². The molecule has 1 rings (SSSR count). The van der Waals surface area contributed by atoms with Crippen LogP contribution in [0.4, 0.5) is 0 Å². The maximum Gasteiger partial charge on any atom is 0.0905 e. The Balaban J connectivity index is 2.84. The summed E-state index contributed by atoms with van der Waals surface area (Å²) in [5.41, 5.74) is 1.36. The molecule has 0 saturated heterocycles. The zero-order valence-corrected chi connectivity index (χ0v) is 7.76. The van der Waals surface area contributed by atoms with E-state index in [0.717, 1.165) is 12.2 Å². The van der Waals surface area contributed by atoms with Gasteiger partial charge in [-0.2, -0.15) is 0 Å². The molecule has 11 heavy (non-hydrogen) atoms. The normalized spacial score (nSPS) is 22.9. The van der Waals surface area contributed by atoms with E-state index in [-0.39, 0.29) is 5.41 Å². The number of aliphatic imine (C=N–C) groups is 1. The van der Waals surface area contributed by atoms with Crippen LogP contribution >= 0.6 is 0 Å². The summed E-state index contributed by atoms with van der Waals surface area (Å²) >= 11 is 0. The molecule has 62 valence electrons. The van der Waals surface area contributed by atoms with E-state index in [2.05, 4.69) is 36.9 Å². The molecule has 1 heterocycles. The largest absolute Gasteiger partial charge is 0.365 e. The lowest BCUT2D eigenvalue weighted by Crippen LogP contribution is -2.27. The standard InChI is InChI=1S/C9H16N2/c1-8-5-9(2,3)6-11(4)7-10-8/h5,7H,6H2,1-4H3. The van der Waals surface area contributed by atoms with Crippen molar-refractivity contribution >= 4 is 6.34 Å². The van der Waals surface area contributed by atoms with E-state index in [1.807, 2.05) is 13.3 Å². The zero-order chi connectivity index (χ0) is 8.48. The average molecular weight is 152 g/mol. The van der Waals surface area contributed by atoms with Gasteiger partial charge in [0.2, 0.25) is 0 Å². The molecule has 0 unspecified atom stereocenters. The molecule has 0 fully saturated rings. The Hall–Kier alpha value is -0.790. The molecule has 0 radical (unpaired) electrons. The summed E-state index contributed by atoms with van der Waals surface area (Å²) in [6.45, 7) is 7.52. The predicted molar refractivity (Wildman–Crippen MR) is 48.7 cm³/mol. The van der Waals surface area contributed by atoms with E-state index in [4.69, 9.17) is 0 Å². The average Bonchev–Trinajstić information content (AvgIpc) is 1.89. The second-order valence-electron chi connectivity index (χ2n) is 3.93. The number of rotatable bonds is 0. The van der Waals surface area contributed by atoms with E-state index in [1.54, 1.807) is 0 Å². The van der Waals surface area contributed by atoms with Crippen molar-refractivity contribution in [2.75, 3.05) is 13.6 Å². The van der Waals surface area contributed by atoms with Crippen molar-refractivity contribution in [1.29, 1.82) is 0 Å². The topological polar surface area (TPSA) is 15.6 Å². The van der Waals surface area contributed by atoms with E-state index in [1.165, 1.54) is 0 Å². The van der Waals surface area contributed by atoms with Crippen LogP contribution in [0.1, 0.15) is 20.8 Å². The van der Waals surface area contributed by atoms with Crippen molar-refractivity contribution in [3.63, 3.8) is 0 Å². The van der Waals surface area contributed by atoms with Crippen molar-refractivity contribution in [1.82, 2.24) is 4.90 Å². The molecule has 0 aliphatic carbocycles. The highest BCUT2D eigenvalue weighted by molar-refractivity contribution is 5.57. The highest BCUT2D eigenvalue weighted by Crippen LogP contribution is 2.22. The first-order valence-corrected chi connectivity index (χ1v) is 3.93. The van der Waals surface area contributed by atoms with Gasteiger partial charge in [-0.3, -0.25) is 0 Å². The first-order valence-electron chi connectivity index (χ1n) is 3.93. The molecule has 2 nitrogen and oxygen atoms in total. The van der Waals surface area contributed by atoms with Crippen molar-refractivity contribution in [3.05, 3.63) is 11.8 Å². The van der Waals surface area contributed by atoms with Crippen molar-refractivity contribution in [2.45, 2.75) is 20.8 Å². The molecule has 1 aliphatic heterocycles. The monoisotopic (exact) mass is 152 g/mol. The molecule has 0 aromatic heterocycles. The second kappa shape index (κ2) is 2.68. The highest BCUT2D eigenvalue weighted by atomic mass is 15.1. The van der Waals surface area contributed by atoms with Crippen LogP contribution in [-0.4, -0.2) is 24.8 Å². The van der Waals surface area contributed by atoms with Gasteiger partial charge in [-0.05, 0) is 6.92 Å². The number of nitrogens with zero attached hydrogens (tertiary/aromatic N) is 2. The van der Waals surface area contributed by atoms with E-state index < -0.39 is 0 Å². The molecule has 0 amide bonds. The molecule has 1 aliphatic rings. The van der Waals surface area contributed by atoms with Gasteiger partial charge in [0.25, 0.3) is 0 Å². The molecule has 0 spiro atoms.